The van der Waals surface area contributed by atoms with Crippen molar-refractivity contribution in [2.45, 2.75) is 12.8 Å². The number of benzene rings is 1. The van der Waals surface area contributed by atoms with Crippen molar-refractivity contribution >= 4 is 11.7 Å². The molecule has 0 bridgehead atoms. The lowest BCUT2D eigenvalue weighted by Crippen LogP contribution is -2.34. The zero-order chi connectivity index (χ0) is 17.5. The number of carbonyl (C=O) groups excluding carboxylic acids is 1. The van der Waals surface area contributed by atoms with Crippen LogP contribution in [0.1, 0.15) is 12.0 Å². The van der Waals surface area contributed by atoms with Crippen LogP contribution in [0.15, 0.2) is 48.8 Å². The van der Waals surface area contributed by atoms with Crippen LogP contribution in [0, 0.1) is 11.7 Å². The third kappa shape index (κ3) is 5.26. The topological polar surface area (TPSA) is 57.3 Å². The van der Waals surface area contributed by atoms with Crippen LogP contribution in [0.25, 0.3) is 0 Å². The summed E-state index contributed by atoms with van der Waals surface area (Å²) in [5.74, 6) is -0.102. The number of halogens is 1. The highest BCUT2D eigenvalue weighted by atomic mass is 19.1. The molecule has 1 aromatic carbocycles. The summed E-state index contributed by atoms with van der Waals surface area (Å²) >= 11 is 0. The number of rotatable bonds is 6. The van der Waals surface area contributed by atoms with Gasteiger partial charge in [0.2, 0.25) is 0 Å². The largest absolute Gasteiger partial charge is 0.338 e. The average Bonchev–Trinajstić information content (AvgIpc) is 3.09. The molecule has 1 aliphatic rings. The van der Waals surface area contributed by atoms with Gasteiger partial charge in [-0.15, -0.1) is 0 Å². The van der Waals surface area contributed by atoms with Gasteiger partial charge in [-0.3, -0.25) is 4.98 Å². The summed E-state index contributed by atoms with van der Waals surface area (Å²) in [7, 11) is 0. The molecule has 0 aliphatic carbocycles. The van der Waals surface area contributed by atoms with Crippen LogP contribution in [0.3, 0.4) is 0 Å². The smallest absolute Gasteiger partial charge is 0.319 e. The number of hydrogen-bond acceptors (Lipinski definition) is 3. The van der Waals surface area contributed by atoms with Gasteiger partial charge in [0.15, 0.2) is 5.82 Å². The van der Waals surface area contributed by atoms with Gasteiger partial charge in [-0.2, -0.15) is 0 Å². The molecule has 3 rings (SSSR count). The summed E-state index contributed by atoms with van der Waals surface area (Å²) in [4.78, 5) is 18.0. The second-order valence-corrected chi connectivity index (χ2v) is 6.38. The van der Waals surface area contributed by atoms with Gasteiger partial charge in [0.1, 0.15) is 0 Å². The quantitative estimate of drug-likeness (QED) is 0.849. The van der Waals surface area contributed by atoms with E-state index in [0.29, 0.717) is 12.5 Å². The Balaban J connectivity index is 1.37. The zero-order valence-electron chi connectivity index (χ0n) is 14.1. The number of nitrogens with one attached hydrogen (secondary N) is 2. The fraction of sp³-hybridized carbons (Fsp3) is 0.368. The highest BCUT2D eigenvalue weighted by Gasteiger charge is 2.22. The molecule has 1 atom stereocenters. The molecule has 6 heteroatoms. The maximum atomic E-state index is 13.5. The number of urea groups is 1. The Labute approximate surface area is 147 Å². The normalized spacial score (nSPS) is 17.4. The van der Waals surface area contributed by atoms with Gasteiger partial charge in [0.25, 0.3) is 0 Å². The minimum Gasteiger partial charge on any atom is -0.338 e. The Morgan fingerprint density at radius 3 is 2.92 bits per heavy atom. The monoisotopic (exact) mass is 342 g/mol. The van der Waals surface area contributed by atoms with Crippen LogP contribution in [0.4, 0.5) is 14.9 Å². The van der Waals surface area contributed by atoms with Gasteiger partial charge >= 0.3 is 6.03 Å². The Bertz CT molecular complexity index is 695. The number of hydrogen-bond donors (Lipinski definition) is 2. The maximum Gasteiger partial charge on any atom is 0.319 e. The van der Waals surface area contributed by atoms with E-state index in [4.69, 9.17) is 0 Å². The molecular formula is C19H23FN4O. The van der Waals surface area contributed by atoms with Crippen molar-refractivity contribution in [2.75, 3.05) is 31.5 Å². The second-order valence-electron chi connectivity index (χ2n) is 6.38. The first kappa shape index (κ1) is 17.4. The van der Waals surface area contributed by atoms with E-state index in [1.807, 2.05) is 6.07 Å². The fourth-order valence-electron chi connectivity index (χ4n) is 3.09. The summed E-state index contributed by atoms with van der Waals surface area (Å²) in [6, 6.07) is 11.5. The Kier molecular flexibility index (Phi) is 5.95. The maximum absolute atomic E-state index is 13.5. The highest BCUT2D eigenvalue weighted by molar-refractivity contribution is 5.89. The molecule has 0 saturated carbocycles. The number of carbonyl (C=O) groups is 1. The van der Waals surface area contributed by atoms with Gasteiger partial charge in [0, 0.05) is 25.8 Å². The molecule has 2 N–H and O–H groups in total. The first-order valence-electron chi connectivity index (χ1n) is 8.61. The number of amides is 2. The van der Waals surface area contributed by atoms with Crippen LogP contribution in [0.2, 0.25) is 0 Å². The van der Waals surface area contributed by atoms with Gasteiger partial charge in [0.05, 0.1) is 11.9 Å². The van der Waals surface area contributed by atoms with E-state index in [1.54, 1.807) is 0 Å². The fourth-order valence-corrected chi connectivity index (χ4v) is 3.09. The van der Waals surface area contributed by atoms with Crippen molar-refractivity contribution in [2.24, 2.45) is 5.92 Å². The summed E-state index contributed by atoms with van der Waals surface area (Å²) in [5, 5.41) is 5.34. The average molecular weight is 342 g/mol. The van der Waals surface area contributed by atoms with Crippen molar-refractivity contribution in [1.29, 1.82) is 0 Å². The first-order chi connectivity index (χ1) is 12.2. The van der Waals surface area contributed by atoms with Gasteiger partial charge in [-0.25, -0.2) is 9.18 Å². The summed E-state index contributed by atoms with van der Waals surface area (Å²) in [6.45, 7) is 3.67. The van der Waals surface area contributed by atoms with E-state index in [1.165, 1.54) is 17.8 Å². The molecule has 0 spiro atoms. The van der Waals surface area contributed by atoms with Crippen molar-refractivity contribution in [3.05, 3.63) is 60.2 Å². The third-order valence-electron chi connectivity index (χ3n) is 4.50. The van der Waals surface area contributed by atoms with Crippen LogP contribution in [0.5, 0.6) is 0 Å². The molecule has 2 heterocycles. The highest BCUT2D eigenvalue weighted by Crippen LogP contribution is 2.16. The summed E-state index contributed by atoms with van der Waals surface area (Å²) < 4.78 is 13.5. The van der Waals surface area contributed by atoms with E-state index < -0.39 is 5.82 Å². The molecule has 1 saturated heterocycles. The molecule has 0 radical (unpaired) electrons. The second kappa shape index (κ2) is 8.58. The minimum atomic E-state index is -0.536. The molecule has 25 heavy (non-hydrogen) atoms. The molecule has 0 unspecified atom stereocenters. The van der Waals surface area contributed by atoms with E-state index >= 15 is 0 Å². The molecule has 2 amide bonds. The van der Waals surface area contributed by atoms with Crippen molar-refractivity contribution in [3.63, 3.8) is 0 Å². The molecule has 2 aromatic rings. The predicted octanol–water partition coefficient (Wildman–Crippen LogP) is 2.91. The van der Waals surface area contributed by atoms with E-state index in [2.05, 4.69) is 44.8 Å². The number of pyridine rings is 1. The lowest BCUT2D eigenvalue weighted by atomic mass is 10.1. The van der Waals surface area contributed by atoms with E-state index in [-0.39, 0.29) is 11.7 Å². The SMILES string of the molecule is O=C(NC[C@@H]1CCN(CCc2ccccc2)C1)Nc1ccncc1F. The lowest BCUT2D eigenvalue weighted by Gasteiger charge is -2.16. The van der Waals surface area contributed by atoms with Crippen molar-refractivity contribution in [3.8, 4) is 0 Å². The number of anilines is 1. The molecule has 5 nitrogen and oxygen atoms in total. The number of likely N-dealkylation sites (tertiary alicyclic amines) is 1. The lowest BCUT2D eigenvalue weighted by molar-refractivity contribution is 0.249. The molecule has 132 valence electrons. The first-order valence-corrected chi connectivity index (χ1v) is 8.61. The number of nitrogens with zero attached hydrogens (tertiary/aromatic N) is 2. The van der Waals surface area contributed by atoms with Gasteiger partial charge in [-0.05, 0) is 36.9 Å². The van der Waals surface area contributed by atoms with Crippen molar-refractivity contribution in [1.82, 2.24) is 15.2 Å². The minimum absolute atomic E-state index is 0.142. The molecular weight excluding hydrogens is 319 g/mol. The molecule has 1 fully saturated rings. The Hall–Kier alpha value is -2.47. The van der Waals surface area contributed by atoms with E-state index in [0.717, 1.165) is 38.7 Å². The number of aromatic nitrogens is 1. The van der Waals surface area contributed by atoms with E-state index in [9.17, 15) is 9.18 Å². The van der Waals surface area contributed by atoms with Crippen LogP contribution in [-0.2, 0) is 6.42 Å². The zero-order valence-corrected chi connectivity index (χ0v) is 14.1. The Morgan fingerprint density at radius 1 is 1.28 bits per heavy atom. The Morgan fingerprint density at radius 2 is 2.12 bits per heavy atom. The van der Waals surface area contributed by atoms with Gasteiger partial charge in [-0.1, -0.05) is 30.3 Å². The van der Waals surface area contributed by atoms with Gasteiger partial charge < -0.3 is 15.5 Å². The van der Waals surface area contributed by atoms with Crippen LogP contribution >= 0.6 is 0 Å². The molecule has 1 aromatic heterocycles. The van der Waals surface area contributed by atoms with Crippen LogP contribution < -0.4 is 10.6 Å². The predicted molar refractivity (Wildman–Crippen MR) is 95.9 cm³/mol. The van der Waals surface area contributed by atoms with Crippen LogP contribution in [-0.4, -0.2) is 42.1 Å². The molecule has 1 aliphatic heterocycles. The van der Waals surface area contributed by atoms with Crippen molar-refractivity contribution < 1.29 is 9.18 Å². The summed E-state index contributed by atoms with van der Waals surface area (Å²) in [5.41, 5.74) is 1.49. The summed E-state index contributed by atoms with van der Waals surface area (Å²) in [6.07, 6.45) is 4.64. The third-order valence-corrected chi connectivity index (χ3v) is 4.50. The standard InChI is InChI=1S/C19H23FN4O/c20-17-13-21-9-6-18(17)23-19(25)22-12-16-8-11-24(14-16)10-7-15-4-2-1-3-5-15/h1-6,9,13,16H,7-8,10-12,14H2,(H2,21,22,23,25)/t16-/m0/s1.